The van der Waals surface area contributed by atoms with Crippen LogP contribution in [-0.2, 0) is 26.0 Å². The Bertz CT molecular complexity index is 1040. The molecule has 0 fully saturated rings. The first kappa shape index (κ1) is 25.9. The molecule has 5 nitrogen and oxygen atoms in total. The molecule has 0 heterocycles. The molecule has 0 unspecified atom stereocenters. The lowest BCUT2D eigenvalue weighted by Crippen LogP contribution is -2.43. The zero-order valence-corrected chi connectivity index (χ0v) is 20.5. The second kappa shape index (κ2) is 12.1. The number of nitrogens with zero attached hydrogens (tertiary/aromatic N) is 1. The molecule has 1 atom stereocenters. The molecule has 0 spiro atoms. The van der Waals surface area contributed by atoms with Crippen LogP contribution < -0.4 is 5.32 Å². The summed E-state index contributed by atoms with van der Waals surface area (Å²) < 4.78 is 0. The molecule has 0 bridgehead atoms. The van der Waals surface area contributed by atoms with Crippen LogP contribution in [0.4, 0.5) is 0 Å². The average molecular weight is 463 g/mol. The fourth-order valence-electron chi connectivity index (χ4n) is 4.19. The standard InChI is InChI=1S/C29H38N2O3/c1-29(2,30-19-28(34)25-12-13-27(33)26(17-25)21-32)18-24-11-7-10-22(16-24)14-15-31(3)20-23-8-5-4-6-9-23/h4-13,16-17,28,30,32-34H,14-15,18-21H2,1-3H3/t28-/m0/s1. The Kier molecular flexibility index (Phi) is 9.25. The third kappa shape index (κ3) is 7.96. The van der Waals surface area contributed by atoms with Crippen molar-refractivity contribution in [2.75, 3.05) is 20.1 Å². The van der Waals surface area contributed by atoms with Crippen molar-refractivity contribution in [3.8, 4) is 5.75 Å². The van der Waals surface area contributed by atoms with E-state index in [2.05, 4.69) is 79.6 Å². The van der Waals surface area contributed by atoms with Crippen LogP contribution in [0.15, 0.2) is 72.8 Å². The Balaban J connectivity index is 1.51. The van der Waals surface area contributed by atoms with E-state index in [0.29, 0.717) is 17.7 Å². The first-order valence-electron chi connectivity index (χ1n) is 11.9. The third-order valence-electron chi connectivity index (χ3n) is 6.15. The molecule has 5 heteroatoms. The Labute approximate surface area is 203 Å². The van der Waals surface area contributed by atoms with Gasteiger partial charge in [-0.2, -0.15) is 0 Å². The molecule has 0 radical (unpaired) electrons. The third-order valence-corrected chi connectivity index (χ3v) is 6.15. The van der Waals surface area contributed by atoms with E-state index in [-0.39, 0.29) is 17.9 Å². The van der Waals surface area contributed by atoms with Gasteiger partial charge in [-0.1, -0.05) is 60.7 Å². The van der Waals surface area contributed by atoms with E-state index in [1.165, 1.54) is 22.8 Å². The van der Waals surface area contributed by atoms with Crippen LogP contribution in [0.3, 0.4) is 0 Å². The number of hydrogen-bond acceptors (Lipinski definition) is 5. The zero-order valence-electron chi connectivity index (χ0n) is 20.5. The smallest absolute Gasteiger partial charge is 0.121 e. The summed E-state index contributed by atoms with van der Waals surface area (Å²) in [4.78, 5) is 2.35. The molecule has 0 aliphatic rings. The molecule has 4 N–H and O–H groups in total. The molecular weight excluding hydrogens is 424 g/mol. The highest BCUT2D eigenvalue weighted by atomic mass is 16.3. The molecule has 0 saturated heterocycles. The fourth-order valence-corrected chi connectivity index (χ4v) is 4.19. The number of aliphatic hydroxyl groups is 2. The number of aliphatic hydroxyl groups excluding tert-OH is 2. The molecule has 0 amide bonds. The van der Waals surface area contributed by atoms with E-state index in [9.17, 15) is 15.3 Å². The predicted molar refractivity (Wildman–Crippen MR) is 138 cm³/mol. The monoisotopic (exact) mass is 462 g/mol. The number of nitrogens with one attached hydrogen (secondary N) is 1. The van der Waals surface area contributed by atoms with E-state index in [1.54, 1.807) is 12.1 Å². The minimum Gasteiger partial charge on any atom is -0.508 e. The van der Waals surface area contributed by atoms with Crippen LogP contribution in [0.25, 0.3) is 0 Å². The van der Waals surface area contributed by atoms with Crippen LogP contribution in [0.1, 0.15) is 47.8 Å². The van der Waals surface area contributed by atoms with Crippen LogP contribution >= 0.6 is 0 Å². The lowest BCUT2D eigenvalue weighted by molar-refractivity contribution is 0.160. The van der Waals surface area contributed by atoms with Gasteiger partial charge in [0.15, 0.2) is 0 Å². The van der Waals surface area contributed by atoms with Gasteiger partial charge in [0.1, 0.15) is 5.75 Å². The molecule has 0 aliphatic carbocycles. The maximum Gasteiger partial charge on any atom is 0.121 e. The molecule has 0 saturated carbocycles. The number of aromatic hydroxyl groups is 1. The molecular formula is C29H38N2O3. The average Bonchev–Trinajstić information content (AvgIpc) is 2.82. The summed E-state index contributed by atoms with van der Waals surface area (Å²) in [6, 6.07) is 24.1. The maximum atomic E-state index is 10.6. The van der Waals surface area contributed by atoms with Crippen LogP contribution in [0, 0.1) is 0 Å². The second-order valence-electron chi connectivity index (χ2n) is 9.80. The van der Waals surface area contributed by atoms with Crippen LogP contribution in [0.5, 0.6) is 5.75 Å². The van der Waals surface area contributed by atoms with Gasteiger partial charge in [0.2, 0.25) is 0 Å². The van der Waals surface area contributed by atoms with Crippen molar-refractivity contribution in [1.82, 2.24) is 10.2 Å². The highest BCUT2D eigenvalue weighted by molar-refractivity contribution is 5.36. The summed E-state index contributed by atoms with van der Waals surface area (Å²) in [5.74, 6) is 0.0397. The topological polar surface area (TPSA) is 76.0 Å². The summed E-state index contributed by atoms with van der Waals surface area (Å²) >= 11 is 0. The van der Waals surface area contributed by atoms with Crippen LogP contribution in [0.2, 0.25) is 0 Å². The number of benzene rings is 3. The first-order chi connectivity index (χ1) is 16.3. The van der Waals surface area contributed by atoms with Gasteiger partial charge in [0.25, 0.3) is 0 Å². The van der Waals surface area contributed by atoms with Gasteiger partial charge in [-0.25, -0.2) is 0 Å². The summed E-state index contributed by atoms with van der Waals surface area (Å²) in [6.07, 6.45) is 1.11. The molecule has 182 valence electrons. The van der Waals surface area contributed by atoms with Crippen LogP contribution in [-0.4, -0.2) is 45.9 Å². The highest BCUT2D eigenvalue weighted by Gasteiger charge is 2.20. The van der Waals surface area contributed by atoms with E-state index in [1.807, 2.05) is 6.07 Å². The molecule has 3 rings (SSSR count). The van der Waals surface area contributed by atoms with Gasteiger partial charge in [-0.3, -0.25) is 0 Å². The summed E-state index contributed by atoms with van der Waals surface area (Å²) in [7, 11) is 2.16. The lowest BCUT2D eigenvalue weighted by Gasteiger charge is -2.28. The van der Waals surface area contributed by atoms with Gasteiger partial charge >= 0.3 is 0 Å². The Morgan fingerprint density at radius 3 is 2.35 bits per heavy atom. The minimum atomic E-state index is -0.725. The van der Waals surface area contributed by atoms with E-state index in [4.69, 9.17) is 0 Å². The van der Waals surface area contributed by atoms with Gasteiger partial charge in [0, 0.05) is 30.7 Å². The number of phenols is 1. The van der Waals surface area contributed by atoms with Gasteiger partial charge in [-0.05, 0) is 68.1 Å². The fraction of sp³-hybridized carbons (Fsp3) is 0.379. The van der Waals surface area contributed by atoms with Crippen molar-refractivity contribution in [2.45, 2.75) is 51.5 Å². The summed E-state index contributed by atoms with van der Waals surface area (Å²) in [5, 5.41) is 33.2. The van der Waals surface area contributed by atoms with Gasteiger partial charge in [-0.15, -0.1) is 0 Å². The molecule has 34 heavy (non-hydrogen) atoms. The quantitative estimate of drug-likeness (QED) is 0.325. The normalized spacial score (nSPS) is 12.8. The largest absolute Gasteiger partial charge is 0.508 e. The van der Waals surface area contributed by atoms with E-state index in [0.717, 1.165) is 25.9 Å². The van der Waals surface area contributed by atoms with Crippen molar-refractivity contribution in [1.29, 1.82) is 0 Å². The number of hydrogen-bond donors (Lipinski definition) is 4. The summed E-state index contributed by atoms with van der Waals surface area (Å²) in [6.45, 7) is 6.33. The number of rotatable bonds is 12. The first-order valence-corrected chi connectivity index (χ1v) is 11.9. The molecule has 3 aromatic rings. The molecule has 3 aromatic carbocycles. The number of likely N-dealkylation sites (N-methyl/N-ethyl adjacent to an activating group) is 1. The SMILES string of the molecule is CN(CCc1cccc(CC(C)(C)NC[C@H](O)c2ccc(O)c(CO)c2)c1)Cc1ccccc1. The van der Waals surface area contributed by atoms with Crippen molar-refractivity contribution in [2.24, 2.45) is 0 Å². The Hall–Kier alpha value is -2.70. The van der Waals surface area contributed by atoms with E-state index < -0.39 is 6.10 Å². The van der Waals surface area contributed by atoms with Crippen molar-refractivity contribution in [3.63, 3.8) is 0 Å². The molecule has 0 aromatic heterocycles. The Morgan fingerprint density at radius 2 is 1.62 bits per heavy atom. The number of β-amino-alcohol motifs (C(OH)–C–C–N with tert-alkyl or cyclic N) is 1. The van der Waals surface area contributed by atoms with Gasteiger partial charge < -0.3 is 25.5 Å². The zero-order chi connectivity index (χ0) is 24.6. The minimum absolute atomic E-state index is 0.0397. The van der Waals surface area contributed by atoms with Crippen molar-refractivity contribution < 1.29 is 15.3 Å². The predicted octanol–water partition coefficient (Wildman–Crippen LogP) is 4.20. The lowest BCUT2D eigenvalue weighted by atomic mass is 9.93. The highest BCUT2D eigenvalue weighted by Crippen LogP contribution is 2.23. The second-order valence-corrected chi connectivity index (χ2v) is 9.80. The van der Waals surface area contributed by atoms with Crippen molar-refractivity contribution >= 4 is 0 Å². The maximum absolute atomic E-state index is 10.6. The Morgan fingerprint density at radius 1 is 0.912 bits per heavy atom. The molecule has 0 aliphatic heterocycles. The summed E-state index contributed by atoms with van der Waals surface area (Å²) in [5.41, 5.74) is 4.80. The van der Waals surface area contributed by atoms with Crippen molar-refractivity contribution in [3.05, 3.63) is 101 Å². The van der Waals surface area contributed by atoms with Gasteiger partial charge in [0.05, 0.1) is 12.7 Å². The van der Waals surface area contributed by atoms with E-state index >= 15 is 0 Å².